The van der Waals surface area contributed by atoms with E-state index in [1.54, 1.807) is 0 Å². The number of carbonyl (C=O) groups excluding carboxylic acids is 1. The maximum atomic E-state index is 11.5. The van der Waals surface area contributed by atoms with E-state index in [1.807, 2.05) is 6.92 Å². The minimum Gasteiger partial charge on any atom is -0.459 e. The molecule has 1 atom stereocenters. The van der Waals surface area contributed by atoms with Gasteiger partial charge in [0.1, 0.15) is 6.10 Å². The molecule has 17 heavy (non-hydrogen) atoms. The Hall–Kier alpha value is -1.05. The van der Waals surface area contributed by atoms with Gasteiger partial charge in [0.15, 0.2) is 0 Å². The van der Waals surface area contributed by atoms with Crippen LogP contribution in [0.1, 0.15) is 59.3 Å². The smallest absolute Gasteiger partial charge is 0.333 e. The molecule has 0 saturated carbocycles. The minimum atomic E-state index is -0.221. The van der Waals surface area contributed by atoms with Gasteiger partial charge in [0.2, 0.25) is 0 Å². The lowest BCUT2D eigenvalue weighted by molar-refractivity contribution is -0.144. The van der Waals surface area contributed by atoms with Gasteiger partial charge in [0, 0.05) is 5.57 Å². The lowest BCUT2D eigenvalue weighted by atomic mass is 10.1. The molecule has 0 fully saturated rings. The zero-order valence-electron chi connectivity index (χ0n) is 11.8. The van der Waals surface area contributed by atoms with Crippen molar-refractivity contribution in [3.05, 3.63) is 25.3 Å². The first-order chi connectivity index (χ1) is 8.15. The maximum Gasteiger partial charge on any atom is 0.333 e. The molecule has 0 N–H and O–H groups in total. The predicted octanol–water partition coefficient (Wildman–Crippen LogP) is 4.66. The van der Waals surface area contributed by atoms with Crippen molar-refractivity contribution in [3.8, 4) is 0 Å². The summed E-state index contributed by atoms with van der Waals surface area (Å²) in [4.78, 5) is 11.5. The van der Waals surface area contributed by atoms with Gasteiger partial charge in [-0.15, -0.1) is 13.2 Å². The third-order valence-corrected chi connectivity index (χ3v) is 2.57. The van der Waals surface area contributed by atoms with Crippen molar-refractivity contribution in [1.82, 2.24) is 0 Å². The molecule has 0 rings (SSSR count). The Morgan fingerprint density at radius 2 is 1.76 bits per heavy atom. The molecular weight excluding hydrogens is 212 g/mol. The quantitative estimate of drug-likeness (QED) is 0.267. The van der Waals surface area contributed by atoms with Crippen LogP contribution in [-0.4, -0.2) is 12.1 Å². The summed E-state index contributed by atoms with van der Waals surface area (Å²) >= 11 is 0. The first kappa shape index (κ1) is 18.3. The molecule has 0 aliphatic carbocycles. The number of unbranched alkanes of at least 4 members (excludes halogenated alkanes) is 2. The van der Waals surface area contributed by atoms with Crippen LogP contribution in [-0.2, 0) is 9.53 Å². The van der Waals surface area contributed by atoms with Crippen LogP contribution in [0.3, 0.4) is 0 Å². The minimum absolute atomic E-state index is 0.0762. The Labute approximate surface area is 107 Å². The number of hydrogen-bond acceptors (Lipinski definition) is 2. The number of carbonyl (C=O) groups is 1. The van der Waals surface area contributed by atoms with E-state index < -0.39 is 0 Å². The van der Waals surface area contributed by atoms with Crippen molar-refractivity contribution < 1.29 is 9.53 Å². The van der Waals surface area contributed by atoms with Crippen molar-refractivity contribution in [2.45, 2.75) is 65.4 Å². The van der Waals surface area contributed by atoms with Crippen LogP contribution >= 0.6 is 0 Å². The van der Waals surface area contributed by atoms with Crippen molar-refractivity contribution in [2.75, 3.05) is 0 Å². The van der Waals surface area contributed by atoms with Gasteiger partial charge in [-0.25, -0.2) is 4.79 Å². The highest BCUT2D eigenvalue weighted by Crippen LogP contribution is 2.12. The molecule has 0 heterocycles. The van der Waals surface area contributed by atoms with Crippen LogP contribution in [0.5, 0.6) is 0 Å². The van der Waals surface area contributed by atoms with Gasteiger partial charge < -0.3 is 4.74 Å². The van der Waals surface area contributed by atoms with Crippen molar-refractivity contribution >= 4 is 5.97 Å². The first-order valence-corrected chi connectivity index (χ1v) is 6.54. The van der Waals surface area contributed by atoms with Gasteiger partial charge in [0.05, 0.1) is 0 Å². The Balaban J connectivity index is 0. The zero-order valence-corrected chi connectivity index (χ0v) is 11.8. The fourth-order valence-corrected chi connectivity index (χ4v) is 1.35. The summed E-state index contributed by atoms with van der Waals surface area (Å²) in [6.45, 7) is 15.8. The molecule has 0 saturated heterocycles. The molecule has 0 aliphatic heterocycles. The highest BCUT2D eigenvalue weighted by molar-refractivity contribution is 5.87. The van der Waals surface area contributed by atoms with Gasteiger partial charge >= 0.3 is 5.97 Å². The van der Waals surface area contributed by atoms with E-state index in [9.17, 15) is 4.79 Å². The van der Waals surface area contributed by atoms with Gasteiger partial charge in [0.25, 0.3) is 0 Å². The summed E-state index contributed by atoms with van der Waals surface area (Å²) in [6.07, 6.45) is 6.17. The van der Waals surface area contributed by atoms with Crippen LogP contribution in [0.25, 0.3) is 0 Å². The number of ether oxygens (including phenoxy) is 1. The Morgan fingerprint density at radius 3 is 2.18 bits per heavy atom. The second-order valence-electron chi connectivity index (χ2n) is 3.89. The SMILES string of the molecule is C=C.C=C(CC)C(=O)OC(CC)CCCCC. The Morgan fingerprint density at radius 1 is 1.18 bits per heavy atom. The molecule has 1 unspecified atom stereocenters. The van der Waals surface area contributed by atoms with E-state index in [1.165, 1.54) is 12.8 Å². The average Bonchev–Trinajstić information content (AvgIpc) is 2.38. The molecule has 0 bridgehead atoms. The molecule has 2 nitrogen and oxygen atoms in total. The van der Waals surface area contributed by atoms with Crippen molar-refractivity contribution in [1.29, 1.82) is 0 Å². The summed E-state index contributed by atoms with van der Waals surface area (Å²) in [6, 6.07) is 0. The van der Waals surface area contributed by atoms with E-state index in [-0.39, 0.29) is 12.1 Å². The number of hydrogen-bond donors (Lipinski definition) is 0. The van der Waals surface area contributed by atoms with Crippen LogP contribution in [0.2, 0.25) is 0 Å². The molecule has 100 valence electrons. The second kappa shape index (κ2) is 13.0. The Bertz CT molecular complexity index is 209. The average molecular weight is 240 g/mol. The fourth-order valence-electron chi connectivity index (χ4n) is 1.35. The molecule has 2 heteroatoms. The molecule has 0 amide bonds. The lowest BCUT2D eigenvalue weighted by Gasteiger charge is -2.16. The van der Waals surface area contributed by atoms with Gasteiger partial charge in [-0.2, -0.15) is 0 Å². The van der Waals surface area contributed by atoms with Crippen LogP contribution in [0, 0.1) is 0 Å². The Kier molecular flexibility index (Phi) is 14.0. The predicted molar refractivity (Wildman–Crippen MR) is 75.0 cm³/mol. The van der Waals surface area contributed by atoms with Crippen molar-refractivity contribution in [2.24, 2.45) is 0 Å². The van der Waals surface area contributed by atoms with E-state index in [0.29, 0.717) is 12.0 Å². The topological polar surface area (TPSA) is 26.3 Å². The van der Waals surface area contributed by atoms with E-state index in [4.69, 9.17) is 4.74 Å². The highest BCUT2D eigenvalue weighted by atomic mass is 16.5. The van der Waals surface area contributed by atoms with Crippen molar-refractivity contribution in [3.63, 3.8) is 0 Å². The van der Waals surface area contributed by atoms with Gasteiger partial charge in [-0.3, -0.25) is 0 Å². The van der Waals surface area contributed by atoms with E-state index >= 15 is 0 Å². The van der Waals surface area contributed by atoms with Gasteiger partial charge in [-0.05, 0) is 25.7 Å². The van der Waals surface area contributed by atoms with Crippen LogP contribution < -0.4 is 0 Å². The molecule has 0 radical (unpaired) electrons. The third kappa shape index (κ3) is 9.86. The zero-order chi connectivity index (χ0) is 13.7. The maximum absolute atomic E-state index is 11.5. The second-order valence-corrected chi connectivity index (χ2v) is 3.89. The van der Waals surface area contributed by atoms with E-state index in [0.717, 1.165) is 19.3 Å². The first-order valence-electron chi connectivity index (χ1n) is 6.54. The molecule has 0 aromatic heterocycles. The highest BCUT2D eigenvalue weighted by Gasteiger charge is 2.13. The number of esters is 1. The fraction of sp³-hybridized carbons (Fsp3) is 0.667. The summed E-state index contributed by atoms with van der Waals surface area (Å²) in [5.74, 6) is -0.221. The largest absolute Gasteiger partial charge is 0.459 e. The third-order valence-electron chi connectivity index (χ3n) is 2.57. The summed E-state index contributed by atoms with van der Waals surface area (Å²) in [5, 5.41) is 0. The molecule has 0 aromatic rings. The van der Waals surface area contributed by atoms with Crippen LogP contribution in [0.15, 0.2) is 25.3 Å². The van der Waals surface area contributed by atoms with Crippen LogP contribution in [0.4, 0.5) is 0 Å². The monoisotopic (exact) mass is 240 g/mol. The summed E-state index contributed by atoms with van der Waals surface area (Å²) in [7, 11) is 0. The normalized spacial score (nSPS) is 11.0. The molecule has 0 aliphatic rings. The number of rotatable bonds is 8. The summed E-state index contributed by atoms with van der Waals surface area (Å²) in [5.41, 5.74) is 0.573. The standard InChI is InChI=1S/C13H24O2.C2H4/c1-5-8-9-10-12(7-3)15-13(14)11(4)6-2;1-2/h12H,4-10H2,1-3H3;1-2H2. The summed E-state index contributed by atoms with van der Waals surface area (Å²) < 4.78 is 5.36. The van der Waals surface area contributed by atoms with E-state index in [2.05, 4.69) is 33.6 Å². The molecule has 0 aromatic carbocycles. The molecule has 0 spiro atoms. The van der Waals surface area contributed by atoms with Gasteiger partial charge in [-0.1, -0.05) is 40.2 Å². The lowest BCUT2D eigenvalue weighted by Crippen LogP contribution is -2.18. The molecular formula is C15H28O2.